The van der Waals surface area contributed by atoms with E-state index >= 15 is 0 Å². The minimum absolute atomic E-state index is 0.0145. The molecule has 3 aromatic rings. The van der Waals surface area contributed by atoms with Gasteiger partial charge in [-0.2, -0.15) is 5.26 Å². The first kappa shape index (κ1) is 21.4. The first-order valence-electron chi connectivity index (χ1n) is 10.8. The summed E-state index contributed by atoms with van der Waals surface area (Å²) < 4.78 is 13.2. The highest BCUT2D eigenvalue weighted by Gasteiger charge is 2.41. The van der Waals surface area contributed by atoms with Gasteiger partial charge in [-0.05, 0) is 66.6 Å². The van der Waals surface area contributed by atoms with Crippen molar-refractivity contribution in [2.24, 2.45) is 0 Å². The molecule has 2 aromatic carbocycles. The summed E-state index contributed by atoms with van der Waals surface area (Å²) in [6, 6.07) is 19.7. The van der Waals surface area contributed by atoms with Crippen LogP contribution in [0.5, 0.6) is 0 Å². The predicted molar refractivity (Wildman–Crippen MR) is 123 cm³/mol. The van der Waals surface area contributed by atoms with Gasteiger partial charge in [0.25, 0.3) is 0 Å². The maximum Gasteiger partial charge on any atom is 0.247 e. The third-order valence-electron chi connectivity index (χ3n) is 6.19. The highest BCUT2D eigenvalue weighted by molar-refractivity contribution is 8.00. The van der Waals surface area contributed by atoms with Gasteiger partial charge in [0.15, 0.2) is 0 Å². The Hall–Kier alpha value is -3.50. The van der Waals surface area contributed by atoms with Crippen LogP contribution >= 0.6 is 11.8 Å². The molecule has 2 aliphatic rings. The van der Waals surface area contributed by atoms with Crippen molar-refractivity contribution in [1.82, 2.24) is 4.98 Å². The number of imide groups is 1. The lowest BCUT2D eigenvalue weighted by atomic mass is 9.82. The highest BCUT2D eigenvalue weighted by atomic mass is 32.2. The number of pyridine rings is 1. The summed E-state index contributed by atoms with van der Waals surface area (Å²) in [7, 11) is 0. The Morgan fingerprint density at radius 3 is 2.55 bits per heavy atom. The number of aromatic nitrogens is 1. The van der Waals surface area contributed by atoms with Gasteiger partial charge in [-0.1, -0.05) is 42.1 Å². The van der Waals surface area contributed by atoms with Crippen molar-refractivity contribution in [3.63, 3.8) is 0 Å². The summed E-state index contributed by atoms with van der Waals surface area (Å²) in [5, 5.41) is 9.57. The molecule has 1 aliphatic carbocycles. The fraction of sp³-hybridized carbons (Fsp3) is 0.231. The number of fused-ring (bicyclic) bond motifs is 1. The zero-order valence-electron chi connectivity index (χ0n) is 17.7. The zero-order chi connectivity index (χ0) is 22.9. The number of anilines is 1. The average molecular weight is 458 g/mol. The second-order valence-electron chi connectivity index (χ2n) is 8.26. The summed E-state index contributed by atoms with van der Waals surface area (Å²) in [5.74, 6) is -0.755. The van der Waals surface area contributed by atoms with Crippen molar-refractivity contribution in [2.75, 3.05) is 4.90 Å². The molecule has 0 bridgehead atoms. The average Bonchev–Trinajstić information content (AvgIpc) is 3.12. The summed E-state index contributed by atoms with van der Waals surface area (Å²) in [6.45, 7) is 0. The number of carbonyl (C=O) groups excluding carboxylic acids is 2. The molecule has 2 heterocycles. The molecule has 2 atom stereocenters. The van der Waals surface area contributed by atoms with Crippen LogP contribution in [0.1, 0.15) is 41.1 Å². The van der Waals surface area contributed by atoms with E-state index in [1.165, 1.54) is 41.6 Å². The Morgan fingerprint density at radius 2 is 1.82 bits per heavy atom. The Labute approximate surface area is 195 Å². The Morgan fingerprint density at radius 1 is 1.06 bits per heavy atom. The number of halogens is 1. The van der Waals surface area contributed by atoms with Gasteiger partial charge in [-0.3, -0.25) is 9.59 Å². The van der Waals surface area contributed by atoms with E-state index in [4.69, 9.17) is 4.98 Å². The number of aryl methyl sites for hydroxylation is 1. The van der Waals surface area contributed by atoms with E-state index < -0.39 is 11.1 Å². The smallest absolute Gasteiger partial charge is 0.247 e. The van der Waals surface area contributed by atoms with Gasteiger partial charge >= 0.3 is 0 Å². The molecular weight excluding hydrogens is 437 g/mol. The summed E-state index contributed by atoms with van der Waals surface area (Å²) in [6.07, 6.45) is 2.61. The molecule has 0 radical (unpaired) electrons. The van der Waals surface area contributed by atoms with Crippen LogP contribution in [-0.4, -0.2) is 22.0 Å². The molecule has 0 N–H and O–H groups in total. The van der Waals surface area contributed by atoms with E-state index in [1.807, 2.05) is 24.3 Å². The Kier molecular flexibility index (Phi) is 5.69. The summed E-state index contributed by atoms with van der Waals surface area (Å²) >= 11 is 1.17. The van der Waals surface area contributed by atoms with Crippen molar-refractivity contribution in [3.8, 4) is 6.07 Å². The number of rotatable bonds is 4. The molecule has 164 valence electrons. The monoisotopic (exact) mass is 457 g/mol. The lowest BCUT2D eigenvalue weighted by Gasteiger charge is -2.25. The number of thioether (sulfide) groups is 1. The molecule has 1 saturated heterocycles. The molecule has 5 nitrogen and oxygen atoms in total. The first-order chi connectivity index (χ1) is 16.0. The molecule has 5 rings (SSSR count). The normalized spacial score (nSPS) is 19.9. The Balaban J connectivity index is 1.37. The fourth-order valence-electron chi connectivity index (χ4n) is 4.52. The second-order valence-corrected chi connectivity index (χ2v) is 9.45. The summed E-state index contributed by atoms with van der Waals surface area (Å²) in [4.78, 5) is 31.4. The van der Waals surface area contributed by atoms with Crippen LogP contribution in [0.15, 0.2) is 65.7 Å². The van der Waals surface area contributed by atoms with Crippen LogP contribution in [0, 0.1) is 17.1 Å². The van der Waals surface area contributed by atoms with E-state index in [-0.39, 0.29) is 18.2 Å². The third kappa shape index (κ3) is 4.14. The molecule has 1 aromatic heterocycles. The zero-order valence-corrected chi connectivity index (χ0v) is 18.5. The lowest BCUT2D eigenvalue weighted by molar-refractivity contribution is -0.121. The SMILES string of the molecule is N#Cc1cc2c(nc1SC1CC(=O)N(c3ccc(F)cc3)C1=O)CCC(c1ccccc1)C2. The van der Waals surface area contributed by atoms with Gasteiger partial charge in [0.1, 0.15) is 16.9 Å². The molecule has 2 amide bonds. The molecular formula is C26H20FN3O2S. The number of nitrogens with zero attached hydrogens (tertiary/aromatic N) is 3. The molecule has 1 fully saturated rings. The van der Waals surface area contributed by atoms with E-state index in [0.717, 1.165) is 35.4 Å². The van der Waals surface area contributed by atoms with Crippen LogP contribution in [0.2, 0.25) is 0 Å². The van der Waals surface area contributed by atoms with Crippen molar-refractivity contribution in [2.45, 2.75) is 41.9 Å². The third-order valence-corrected chi connectivity index (χ3v) is 7.37. The van der Waals surface area contributed by atoms with Crippen molar-refractivity contribution in [3.05, 3.63) is 88.9 Å². The van der Waals surface area contributed by atoms with Gasteiger partial charge in [0, 0.05) is 12.1 Å². The fourth-order valence-corrected chi connectivity index (χ4v) is 5.61. The van der Waals surface area contributed by atoms with Crippen molar-refractivity contribution >= 4 is 29.3 Å². The molecule has 0 saturated carbocycles. The molecule has 33 heavy (non-hydrogen) atoms. The van der Waals surface area contributed by atoms with Crippen LogP contribution in [0.3, 0.4) is 0 Å². The first-order valence-corrected chi connectivity index (χ1v) is 11.7. The van der Waals surface area contributed by atoms with Crippen LogP contribution in [-0.2, 0) is 22.4 Å². The van der Waals surface area contributed by atoms with Gasteiger partial charge in [0.2, 0.25) is 11.8 Å². The van der Waals surface area contributed by atoms with E-state index in [0.29, 0.717) is 22.2 Å². The largest absolute Gasteiger partial charge is 0.274 e. The quantitative estimate of drug-likeness (QED) is 0.527. The standard InChI is InChI=1S/C26H20FN3O2S/c27-20-7-9-21(10-8-20)30-24(31)14-23(26(30)32)33-25-19(15-28)13-18-12-17(6-11-22(18)29-25)16-4-2-1-3-5-16/h1-5,7-10,13,17,23H,6,11-12,14H2. The van der Waals surface area contributed by atoms with E-state index in [2.05, 4.69) is 18.2 Å². The van der Waals surface area contributed by atoms with Gasteiger partial charge in [0.05, 0.1) is 16.5 Å². The van der Waals surface area contributed by atoms with Crippen LogP contribution in [0.25, 0.3) is 0 Å². The van der Waals surface area contributed by atoms with E-state index in [9.17, 15) is 19.2 Å². The molecule has 0 spiro atoms. The minimum Gasteiger partial charge on any atom is -0.274 e. The van der Waals surface area contributed by atoms with E-state index in [1.54, 1.807) is 0 Å². The molecule has 2 unspecified atom stereocenters. The number of benzene rings is 2. The number of carbonyl (C=O) groups is 2. The second kappa shape index (κ2) is 8.80. The highest BCUT2D eigenvalue weighted by Crippen LogP contribution is 2.38. The Bertz CT molecular complexity index is 1270. The topological polar surface area (TPSA) is 74.1 Å². The molecule has 7 heteroatoms. The number of nitriles is 1. The number of hydrogen-bond acceptors (Lipinski definition) is 5. The number of amides is 2. The maximum absolute atomic E-state index is 13.2. The number of hydrogen-bond donors (Lipinski definition) is 0. The van der Waals surface area contributed by atoms with Crippen molar-refractivity contribution in [1.29, 1.82) is 5.26 Å². The van der Waals surface area contributed by atoms with Gasteiger partial charge < -0.3 is 0 Å². The van der Waals surface area contributed by atoms with Crippen LogP contribution < -0.4 is 4.90 Å². The van der Waals surface area contributed by atoms with Gasteiger partial charge in [-0.15, -0.1) is 0 Å². The summed E-state index contributed by atoms with van der Waals surface area (Å²) in [5.41, 5.74) is 4.08. The predicted octanol–water partition coefficient (Wildman–Crippen LogP) is 4.79. The van der Waals surface area contributed by atoms with Gasteiger partial charge in [-0.25, -0.2) is 14.3 Å². The van der Waals surface area contributed by atoms with Crippen LogP contribution in [0.4, 0.5) is 10.1 Å². The maximum atomic E-state index is 13.2. The lowest BCUT2D eigenvalue weighted by Crippen LogP contribution is -2.31. The minimum atomic E-state index is -0.666. The van der Waals surface area contributed by atoms with Crippen molar-refractivity contribution < 1.29 is 14.0 Å². The molecule has 1 aliphatic heterocycles.